The van der Waals surface area contributed by atoms with Gasteiger partial charge in [-0.1, -0.05) is 127 Å². The van der Waals surface area contributed by atoms with E-state index in [0.717, 1.165) is 39.4 Å². The molecule has 0 aliphatic rings. The van der Waals surface area contributed by atoms with E-state index in [0.29, 0.717) is 0 Å². The third-order valence-corrected chi connectivity index (χ3v) is 11.4. The molecule has 12 rings (SSSR count). The molecule has 12 aromatic rings. The molecule has 0 amide bonds. The Balaban J connectivity index is 1.12. The predicted octanol–water partition coefficient (Wildman–Crippen LogP) is 13.2. The molecule has 0 radical (unpaired) electrons. The van der Waals surface area contributed by atoms with Crippen LogP contribution >= 0.6 is 0 Å². The van der Waals surface area contributed by atoms with Gasteiger partial charge in [0.05, 0.1) is 33.1 Å². The van der Waals surface area contributed by atoms with E-state index < -0.39 is 0 Å². The first-order chi connectivity index (χ1) is 27.3. The number of para-hydroxylation sites is 3. The Morgan fingerprint density at radius 3 is 1.51 bits per heavy atom. The highest BCUT2D eigenvalue weighted by atomic mass is 15.1. The van der Waals surface area contributed by atoms with E-state index in [-0.39, 0.29) is 0 Å². The molecule has 8 aromatic carbocycles. The van der Waals surface area contributed by atoms with Gasteiger partial charge in [-0.15, -0.1) is 0 Å². The molecule has 55 heavy (non-hydrogen) atoms. The summed E-state index contributed by atoms with van der Waals surface area (Å²) in [5.74, 6) is 1.77. The lowest BCUT2D eigenvalue weighted by molar-refractivity contribution is 1.01. The van der Waals surface area contributed by atoms with Gasteiger partial charge in [0.2, 0.25) is 0 Å². The van der Waals surface area contributed by atoms with Crippen LogP contribution in [0.4, 0.5) is 0 Å². The van der Waals surface area contributed by atoms with E-state index >= 15 is 0 Å². The highest BCUT2D eigenvalue weighted by Crippen LogP contribution is 2.43. The van der Waals surface area contributed by atoms with Crippen LogP contribution in [-0.4, -0.2) is 18.7 Å². The Kier molecular flexibility index (Phi) is 6.31. The molecule has 256 valence electrons. The average molecular weight is 701 g/mol. The number of benzene rings is 8. The Bertz CT molecular complexity index is 3490. The number of hydrogen-bond donors (Lipinski definition) is 0. The molecule has 0 aliphatic carbocycles. The minimum atomic E-state index is 0.883. The lowest BCUT2D eigenvalue weighted by atomic mass is 10.0. The van der Waals surface area contributed by atoms with Crippen molar-refractivity contribution in [1.29, 1.82) is 0 Å². The monoisotopic (exact) mass is 700 g/mol. The Labute approximate surface area is 316 Å². The molecule has 4 nitrogen and oxygen atoms in total. The van der Waals surface area contributed by atoms with Crippen LogP contribution in [0.15, 0.2) is 194 Å². The summed E-state index contributed by atoms with van der Waals surface area (Å²) in [5.41, 5.74) is 10.5. The number of fused-ring (bicyclic) bond motifs is 11. The van der Waals surface area contributed by atoms with Gasteiger partial charge in [0, 0.05) is 38.0 Å². The second-order valence-corrected chi connectivity index (χ2v) is 14.4. The molecular formula is C51H32N4. The third-order valence-electron chi connectivity index (χ3n) is 11.4. The van der Waals surface area contributed by atoms with Crippen molar-refractivity contribution in [3.63, 3.8) is 0 Å². The summed E-state index contributed by atoms with van der Waals surface area (Å²) >= 11 is 0. The van der Waals surface area contributed by atoms with Crippen molar-refractivity contribution in [2.75, 3.05) is 0 Å². The standard InChI is InChI=1S/C51H32N4/c1-2-14-33(15-3-1)34-18-12-19-37(30-34)53-43-24-10-7-21-39(43)50-45(53)28-29-46-51(50)40-22-8-11-25-44(40)54(46)48-26-13-27-49(52-48)55-42-23-9-6-20-38(42)41-31-35-16-4-5-17-36(35)32-47(41)55/h1-32H. The van der Waals surface area contributed by atoms with E-state index in [1.54, 1.807) is 0 Å². The average Bonchev–Trinajstić information content (AvgIpc) is 3.88. The van der Waals surface area contributed by atoms with Gasteiger partial charge >= 0.3 is 0 Å². The van der Waals surface area contributed by atoms with Crippen LogP contribution in [-0.2, 0) is 0 Å². The lowest BCUT2D eigenvalue weighted by Crippen LogP contribution is -2.03. The zero-order chi connectivity index (χ0) is 36.0. The first kappa shape index (κ1) is 30.1. The summed E-state index contributed by atoms with van der Waals surface area (Å²) in [6.07, 6.45) is 0. The van der Waals surface area contributed by atoms with Crippen molar-refractivity contribution in [2.45, 2.75) is 0 Å². The molecule has 0 N–H and O–H groups in total. The van der Waals surface area contributed by atoms with Gasteiger partial charge in [-0.25, -0.2) is 4.98 Å². The predicted molar refractivity (Wildman–Crippen MR) is 230 cm³/mol. The van der Waals surface area contributed by atoms with E-state index in [4.69, 9.17) is 4.98 Å². The lowest BCUT2D eigenvalue weighted by Gasteiger charge is -2.12. The second kappa shape index (κ2) is 11.5. The molecule has 0 unspecified atom stereocenters. The van der Waals surface area contributed by atoms with Gasteiger partial charge in [-0.2, -0.15) is 0 Å². The Morgan fingerprint density at radius 1 is 0.291 bits per heavy atom. The molecule has 0 aliphatic heterocycles. The first-order valence-corrected chi connectivity index (χ1v) is 18.8. The van der Waals surface area contributed by atoms with Crippen LogP contribution in [0.5, 0.6) is 0 Å². The fourth-order valence-electron chi connectivity index (χ4n) is 9.06. The van der Waals surface area contributed by atoms with Crippen LogP contribution in [0.25, 0.3) is 105 Å². The van der Waals surface area contributed by atoms with Crippen LogP contribution in [0, 0.1) is 0 Å². The zero-order valence-corrected chi connectivity index (χ0v) is 29.8. The number of nitrogens with zero attached hydrogens (tertiary/aromatic N) is 4. The smallest absolute Gasteiger partial charge is 0.140 e. The van der Waals surface area contributed by atoms with Crippen molar-refractivity contribution >= 4 is 76.2 Å². The van der Waals surface area contributed by atoms with E-state index in [2.05, 4.69) is 208 Å². The number of pyridine rings is 1. The van der Waals surface area contributed by atoms with Crippen LogP contribution < -0.4 is 0 Å². The number of rotatable bonds is 4. The highest BCUT2D eigenvalue weighted by molar-refractivity contribution is 6.29. The summed E-state index contributed by atoms with van der Waals surface area (Å²) in [5, 5.41) is 9.83. The molecular weight excluding hydrogens is 669 g/mol. The van der Waals surface area contributed by atoms with E-state index in [9.17, 15) is 0 Å². The van der Waals surface area contributed by atoms with Crippen molar-refractivity contribution < 1.29 is 0 Å². The van der Waals surface area contributed by atoms with Gasteiger partial charge < -0.3 is 4.57 Å². The highest BCUT2D eigenvalue weighted by Gasteiger charge is 2.22. The second-order valence-electron chi connectivity index (χ2n) is 14.4. The van der Waals surface area contributed by atoms with Crippen LogP contribution in [0.1, 0.15) is 0 Å². The SMILES string of the molecule is c1ccc(-c2cccc(-n3c4ccccc4c4c5c6ccccc6n(-c6cccc(-n7c8ccccc8c8cc9ccccc9cc87)n6)c5ccc43)c2)cc1. The molecule has 0 fully saturated rings. The molecule has 4 heterocycles. The fourth-order valence-corrected chi connectivity index (χ4v) is 9.06. The summed E-state index contributed by atoms with van der Waals surface area (Å²) in [6.45, 7) is 0. The fraction of sp³-hybridized carbons (Fsp3) is 0. The maximum absolute atomic E-state index is 5.49. The molecule has 0 saturated heterocycles. The molecule has 4 aromatic heterocycles. The third kappa shape index (κ3) is 4.37. The summed E-state index contributed by atoms with van der Waals surface area (Å²) in [6, 6.07) is 70.0. The normalized spacial score (nSPS) is 12.0. The Morgan fingerprint density at radius 2 is 0.800 bits per heavy atom. The maximum atomic E-state index is 5.49. The maximum Gasteiger partial charge on any atom is 0.140 e. The largest absolute Gasteiger partial charge is 0.309 e. The molecule has 0 bridgehead atoms. The molecule has 4 heteroatoms. The molecule has 0 spiro atoms. The summed E-state index contributed by atoms with van der Waals surface area (Å²) in [4.78, 5) is 5.49. The van der Waals surface area contributed by atoms with Crippen molar-refractivity contribution in [3.8, 4) is 28.5 Å². The van der Waals surface area contributed by atoms with Crippen LogP contribution in [0.2, 0.25) is 0 Å². The van der Waals surface area contributed by atoms with E-state index in [1.807, 2.05) is 0 Å². The van der Waals surface area contributed by atoms with Gasteiger partial charge in [-0.05, 0) is 88.6 Å². The van der Waals surface area contributed by atoms with Crippen molar-refractivity contribution in [3.05, 3.63) is 194 Å². The van der Waals surface area contributed by atoms with Gasteiger partial charge in [0.25, 0.3) is 0 Å². The summed E-state index contributed by atoms with van der Waals surface area (Å²) in [7, 11) is 0. The van der Waals surface area contributed by atoms with E-state index in [1.165, 1.54) is 65.3 Å². The van der Waals surface area contributed by atoms with Gasteiger partial charge in [-0.3, -0.25) is 9.13 Å². The minimum Gasteiger partial charge on any atom is -0.309 e. The molecule has 0 saturated carbocycles. The first-order valence-electron chi connectivity index (χ1n) is 18.8. The zero-order valence-electron chi connectivity index (χ0n) is 29.8. The van der Waals surface area contributed by atoms with Crippen molar-refractivity contribution in [1.82, 2.24) is 18.7 Å². The number of aromatic nitrogens is 4. The number of hydrogen-bond acceptors (Lipinski definition) is 1. The minimum absolute atomic E-state index is 0.883. The van der Waals surface area contributed by atoms with Gasteiger partial charge in [0.1, 0.15) is 11.6 Å². The quantitative estimate of drug-likeness (QED) is 0.180. The van der Waals surface area contributed by atoms with Gasteiger partial charge in [0.15, 0.2) is 0 Å². The summed E-state index contributed by atoms with van der Waals surface area (Å²) < 4.78 is 7.09. The molecule has 0 atom stereocenters. The Hall–Kier alpha value is -7.43. The van der Waals surface area contributed by atoms with Crippen molar-refractivity contribution in [2.24, 2.45) is 0 Å². The van der Waals surface area contributed by atoms with Crippen LogP contribution in [0.3, 0.4) is 0 Å². The topological polar surface area (TPSA) is 27.7 Å².